The van der Waals surface area contributed by atoms with Crippen molar-refractivity contribution in [3.05, 3.63) is 58.9 Å². The minimum absolute atomic E-state index is 0.164. The lowest BCUT2D eigenvalue weighted by Gasteiger charge is -2.40. The van der Waals surface area contributed by atoms with Gasteiger partial charge in [-0.25, -0.2) is 4.98 Å². The molecule has 34 heavy (non-hydrogen) atoms. The number of carbonyl (C=O) groups is 1. The molecule has 0 spiro atoms. The van der Waals surface area contributed by atoms with Gasteiger partial charge < -0.3 is 24.8 Å². The number of amides is 1. The van der Waals surface area contributed by atoms with E-state index >= 15 is 0 Å². The molecule has 2 aromatic heterocycles. The molecular weight excluding hydrogens is 453 g/mol. The van der Waals surface area contributed by atoms with Crippen LogP contribution in [0.5, 0.6) is 5.75 Å². The molecule has 0 bridgehead atoms. The number of pyridine rings is 2. The van der Waals surface area contributed by atoms with E-state index in [4.69, 9.17) is 15.2 Å². The Kier molecular flexibility index (Phi) is 5.53. The van der Waals surface area contributed by atoms with Gasteiger partial charge in [0.05, 0.1) is 55.9 Å². The summed E-state index contributed by atoms with van der Waals surface area (Å²) in [5.74, 6) is -0.258. The van der Waals surface area contributed by atoms with Crippen LogP contribution in [0.25, 0.3) is 10.9 Å². The molecule has 1 fully saturated rings. The highest BCUT2D eigenvalue weighted by Crippen LogP contribution is 2.34. The third-order valence-electron chi connectivity index (χ3n) is 5.99. The van der Waals surface area contributed by atoms with E-state index in [1.54, 1.807) is 23.1 Å². The van der Waals surface area contributed by atoms with Gasteiger partial charge in [-0.3, -0.25) is 9.78 Å². The van der Waals surface area contributed by atoms with E-state index in [0.717, 1.165) is 22.7 Å². The van der Waals surface area contributed by atoms with Crippen molar-refractivity contribution in [1.29, 1.82) is 0 Å². The highest BCUT2D eigenvalue weighted by Gasteiger charge is 2.36. The molecule has 5 rings (SSSR count). The van der Waals surface area contributed by atoms with E-state index in [1.807, 2.05) is 6.92 Å². The van der Waals surface area contributed by atoms with Crippen LogP contribution >= 0.6 is 0 Å². The maximum Gasteiger partial charge on any atom is 0.573 e. The molecule has 178 valence electrons. The molecule has 1 amide bonds. The molecule has 2 atom stereocenters. The zero-order valence-corrected chi connectivity index (χ0v) is 18.1. The van der Waals surface area contributed by atoms with E-state index in [2.05, 4.69) is 14.7 Å². The van der Waals surface area contributed by atoms with Gasteiger partial charge in [-0.2, -0.15) is 0 Å². The lowest BCUT2D eigenvalue weighted by atomic mass is 10.0. The van der Waals surface area contributed by atoms with Crippen LogP contribution in [0.15, 0.2) is 36.5 Å². The van der Waals surface area contributed by atoms with Gasteiger partial charge in [-0.15, -0.1) is 13.2 Å². The van der Waals surface area contributed by atoms with Crippen molar-refractivity contribution >= 4 is 22.6 Å². The number of benzene rings is 1. The quantitative estimate of drug-likeness (QED) is 0.617. The predicted octanol–water partition coefficient (Wildman–Crippen LogP) is 3.74. The fourth-order valence-corrected chi connectivity index (χ4v) is 4.42. The van der Waals surface area contributed by atoms with Crippen molar-refractivity contribution in [2.45, 2.75) is 38.6 Å². The molecule has 3 aromatic rings. The molecule has 2 N–H and O–H groups in total. The van der Waals surface area contributed by atoms with Gasteiger partial charge in [-0.1, -0.05) is 0 Å². The van der Waals surface area contributed by atoms with Gasteiger partial charge in [-0.05, 0) is 42.8 Å². The minimum atomic E-state index is -4.81. The number of morpholine rings is 1. The number of carbonyl (C=O) groups excluding carboxylic acids is 1. The first kappa shape index (κ1) is 22.4. The fraction of sp³-hybridized carbons (Fsp3) is 0.348. The van der Waals surface area contributed by atoms with Crippen LogP contribution in [-0.2, 0) is 22.7 Å². The Labute approximate surface area is 192 Å². The average Bonchev–Trinajstić information content (AvgIpc) is 3.29. The first-order chi connectivity index (χ1) is 16.2. The van der Waals surface area contributed by atoms with Crippen LogP contribution < -0.4 is 10.5 Å². The Bertz CT molecular complexity index is 1250. The van der Waals surface area contributed by atoms with Gasteiger partial charge in [0.2, 0.25) is 0 Å². The normalized spacial score (nSPS) is 20.4. The second kappa shape index (κ2) is 8.41. The van der Waals surface area contributed by atoms with E-state index < -0.39 is 18.2 Å². The largest absolute Gasteiger partial charge is 0.573 e. The monoisotopic (exact) mass is 474 g/mol. The van der Waals surface area contributed by atoms with Gasteiger partial charge in [0, 0.05) is 16.5 Å². The number of nitrogen functional groups attached to an aromatic ring is 1. The zero-order chi connectivity index (χ0) is 24.0. The lowest BCUT2D eigenvalue weighted by Crippen LogP contribution is -2.49. The molecule has 11 heteroatoms. The summed E-state index contributed by atoms with van der Waals surface area (Å²) in [6.07, 6.45) is -3.82. The number of anilines is 1. The maximum absolute atomic E-state index is 13.7. The second-order valence-electron chi connectivity index (χ2n) is 8.26. The van der Waals surface area contributed by atoms with Gasteiger partial charge in [0.1, 0.15) is 11.6 Å². The Hall–Kier alpha value is -3.44. The summed E-state index contributed by atoms with van der Waals surface area (Å²) in [5.41, 5.74) is 9.32. The van der Waals surface area contributed by atoms with Crippen LogP contribution in [0, 0.1) is 0 Å². The first-order valence-corrected chi connectivity index (χ1v) is 10.6. The van der Waals surface area contributed by atoms with Crippen LogP contribution in [0.3, 0.4) is 0 Å². The van der Waals surface area contributed by atoms with Gasteiger partial charge in [0.25, 0.3) is 5.91 Å². The molecule has 1 aromatic carbocycles. The van der Waals surface area contributed by atoms with Crippen molar-refractivity contribution < 1.29 is 32.2 Å². The van der Waals surface area contributed by atoms with Crippen molar-refractivity contribution in [2.24, 2.45) is 0 Å². The summed E-state index contributed by atoms with van der Waals surface area (Å²) in [7, 11) is 0. The number of ether oxygens (including phenoxy) is 3. The highest BCUT2D eigenvalue weighted by atomic mass is 19.4. The summed E-state index contributed by atoms with van der Waals surface area (Å²) >= 11 is 0. The molecule has 8 nitrogen and oxygen atoms in total. The van der Waals surface area contributed by atoms with Gasteiger partial charge >= 0.3 is 6.36 Å². The number of fused-ring (bicyclic) bond motifs is 3. The average molecular weight is 474 g/mol. The lowest BCUT2D eigenvalue weighted by molar-refractivity contribution is -0.274. The highest BCUT2D eigenvalue weighted by molar-refractivity contribution is 5.99. The van der Waals surface area contributed by atoms with Crippen molar-refractivity contribution in [3.8, 4) is 5.75 Å². The number of nitrogens with two attached hydrogens (primary N) is 1. The topological polar surface area (TPSA) is 99.8 Å². The standard InChI is InChI=1S/C23H21F3N4O4/c1-12-8-32-11-20(19-5-3-14(7-28-19)34-23(24,25)26)30(12)22(31)13-2-4-18-15(6-13)16-9-33-10-17(16)21(27)29-18/h2-7,12,20H,8-11H2,1H3,(H2,27,29)/t12-,20-/m1/s1. The van der Waals surface area contributed by atoms with Crippen LogP contribution in [0.2, 0.25) is 0 Å². The summed E-state index contributed by atoms with van der Waals surface area (Å²) < 4.78 is 52.5. The minimum Gasteiger partial charge on any atom is -0.404 e. The number of hydrogen-bond donors (Lipinski definition) is 1. The summed E-state index contributed by atoms with van der Waals surface area (Å²) in [6, 6.07) is 6.94. The van der Waals surface area contributed by atoms with E-state index in [1.165, 1.54) is 12.1 Å². The Balaban J connectivity index is 1.48. The third kappa shape index (κ3) is 4.12. The smallest absolute Gasteiger partial charge is 0.404 e. The molecule has 2 aliphatic heterocycles. The molecule has 2 aliphatic rings. The molecule has 0 unspecified atom stereocenters. The fourth-order valence-electron chi connectivity index (χ4n) is 4.42. The molecule has 0 radical (unpaired) electrons. The third-order valence-corrected chi connectivity index (χ3v) is 5.99. The summed E-state index contributed by atoms with van der Waals surface area (Å²) in [6.45, 7) is 3.11. The van der Waals surface area contributed by atoms with Crippen molar-refractivity contribution in [3.63, 3.8) is 0 Å². The number of nitrogens with zero attached hydrogens (tertiary/aromatic N) is 3. The molecule has 0 saturated carbocycles. The Morgan fingerprint density at radius 2 is 1.94 bits per heavy atom. The van der Waals surface area contributed by atoms with Crippen LogP contribution in [-0.4, -0.2) is 46.4 Å². The zero-order valence-electron chi connectivity index (χ0n) is 18.1. The Morgan fingerprint density at radius 3 is 2.68 bits per heavy atom. The number of hydrogen-bond acceptors (Lipinski definition) is 7. The number of aromatic nitrogens is 2. The SMILES string of the molecule is C[C@@H]1COC[C@H](c2ccc(OC(F)(F)F)cn2)N1C(=O)c1ccc2nc(N)c3c(c2c1)COC3. The van der Waals surface area contributed by atoms with Crippen LogP contribution in [0.1, 0.15) is 40.1 Å². The molecule has 1 saturated heterocycles. The van der Waals surface area contributed by atoms with Crippen molar-refractivity contribution in [2.75, 3.05) is 18.9 Å². The number of alkyl halides is 3. The Morgan fingerprint density at radius 1 is 1.15 bits per heavy atom. The summed E-state index contributed by atoms with van der Waals surface area (Å²) in [5, 5.41) is 0.803. The van der Waals surface area contributed by atoms with Gasteiger partial charge in [0.15, 0.2) is 0 Å². The molecular formula is C23H21F3N4O4. The van der Waals surface area contributed by atoms with E-state index in [9.17, 15) is 18.0 Å². The first-order valence-electron chi connectivity index (χ1n) is 10.6. The molecule has 0 aliphatic carbocycles. The van der Waals surface area contributed by atoms with Crippen molar-refractivity contribution in [1.82, 2.24) is 14.9 Å². The van der Waals surface area contributed by atoms with E-state index in [-0.39, 0.29) is 18.6 Å². The van der Waals surface area contributed by atoms with Crippen LogP contribution in [0.4, 0.5) is 19.0 Å². The predicted molar refractivity (Wildman–Crippen MR) is 115 cm³/mol. The molecule has 4 heterocycles. The maximum atomic E-state index is 13.7. The van der Waals surface area contributed by atoms with E-state index in [0.29, 0.717) is 42.4 Å². The number of halogens is 3. The summed E-state index contributed by atoms with van der Waals surface area (Å²) in [4.78, 5) is 23.8. The number of rotatable bonds is 3. The second-order valence-corrected chi connectivity index (χ2v) is 8.26.